The SMILES string of the molecule is COC(=O)NCc1cccc(CNC(=O)OI)c1. The Labute approximate surface area is 119 Å². The fourth-order valence-electron chi connectivity index (χ4n) is 1.30. The molecule has 0 radical (unpaired) electrons. The van der Waals surface area contributed by atoms with E-state index in [9.17, 15) is 9.59 Å². The zero-order valence-corrected chi connectivity index (χ0v) is 11.9. The minimum absolute atomic E-state index is 0.369. The molecule has 2 N–H and O–H groups in total. The highest BCUT2D eigenvalue weighted by Crippen LogP contribution is 2.05. The standard InChI is InChI=1S/C11H13IN2O4/c1-17-10(15)13-6-8-3-2-4-9(5-8)7-14-11(16)18-12/h2-5H,6-7H2,1H3,(H,13,15)(H,14,16). The van der Waals surface area contributed by atoms with Crippen molar-refractivity contribution in [1.82, 2.24) is 10.6 Å². The van der Waals surface area contributed by atoms with Crippen LogP contribution in [-0.2, 0) is 20.9 Å². The van der Waals surface area contributed by atoms with Gasteiger partial charge in [0.05, 0.1) is 7.11 Å². The Morgan fingerprint density at radius 3 is 2.22 bits per heavy atom. The van der Waals surface area contributed by atoms with Crippen LogP contribution in [0.1, 0.15) is 11.1 Å². The predicted molar refractivity (Wildman–Crippen MR) is 73.0 cm³/mol. The number of methoxy groups -OCH3 is 1. The quantitative estimate of drug-likeness (QED) is 0.803. The molecule has 6 nitrogen and oxygen atoms in total. The molecular formula is C11H13IN2O4. The van der Waals surface area contributed by atoms with E-state index >= 15 is 0 Å². The zero-order valence-electron chi connectivity index (χ0n) is 9.73. The van der Waals surface area contributed by atoms with E-state index in [1.807, 2.05) is 24.3 Å². The number of benzene rings is 1. The van der Waals surface area contributed by atoms with Gasteiger partial charge < -0.3 is 18.4 Å². The highest BCUT2D eigenvalue weighted by molar-refractivity contribution is 14.1. The lowest BCUT2D eigenvalue weighted by molar-refractivity contribution is 0.170. The number of carbonyl (C=O) groups excluding carboxylic acids is 2. The van der Waals surface area contributed by atoms with E-state index in [0.29, 0.717) is 13.1 Å². The van der Waals surface area contributed by atoms with Crippen LogP contribution in [-0.4, -0.2) is 19.3 Å². The molecule has 0 saturated carbocycles. The number of halogens is 1. The third-order valence-corrected chi connectivity index (χ3v) is 2.52. The Morgan fingerprint density at radius 1 is 1.17 bits per heavy atom. The zero-order chi connectivity index (χ0) is 13.4. The van der Waals surface area contributed by atoms with Gasteiger partial charge in [0.2, 0.25) is 0 Å². The first-order valence-corrected chi connectivity index (χ1v) is 6.00. The summed E-state index contributed by atoms with van der Waals surface area (Å²) in [6.07, 6.45) is -0.972. The topological polar surface area (TPSA) is 76.7 Å². The van der Waals surface area contributed by atoms with E-state index in [2.05, 4.69) is 18.4 Å². The first kappa shape index (κ1) is 14.6. The van der Waals surface area contributed by atoms with Crippen LogP contribution in [0.4, 0.5) is 9.59 Å². The summed E-state index contributed by atoms with van der Waals surface area (Å²) < 4.78 is 8.91. The molecule has 0 saturated heterocycles. The predicted octanol–water partition coefficient (Wildman–Crippen LogP) is 2.12. The summed E-state index contributed by atoms with van der Waals surface area (Å²) in [5, 5.41) is 5.15. The molecule has 1 rings (SSSR count). The van der Waals surface area contributed by atoms with Crippen LogP contribution in [0.5, 0.6) is 0 Å². The van der Waals surface area contributed by atoms with Crippen molar-refractivity contribution in [3.8, 4) is 0 Å². The number of rotatable bonds is 4. The highest BCUT2D eigenvalue weighted by atomic mass is 127. The maximum absolute atomic E-state index is 10.9. The summed E-state index contributed by atoms with van der Waals surface area (Å²) in [4.78, 5) is 21.8. The van der Waals surface area contributed by atoms with Crippen LogP contribution in [0, 0.1) is 0 Å². The maximum atomic E-state index is 10.9. The van der Waals surface area contributed by atoms with Crippen molar-refractivity contribution >= 4 is 35.2 Å². The van der Waals surface area contributed by atoms with Gasteiger partial charge >= 0.3 is 12.2 Å². The van der Waals surface area contributed by atoms with E-state index in [0.717, 1.165) is 11.1 Å². The highest BCUT2D eigenvalue weighted by Gasteiger charge is 2.02. The van der Waals surface area contributed by atoms with Gasteiger partial charge in [-0.05, 0) is 11.1 Å². The van der Waals surface area contributed by atoms with E-state index in [-0.39, 0.29) is 0 Å². The molecule has 2 amide bonds. The van der Waals surface area contributed by atoms with Gasteiger partial charge in [-0.1, -0.05) is 24.3 Å². The van der Waals surface area contributed by atoms with Crippen molar-refractivity contribution in [2.75, 3.05) is 7.11 Å². The van der Waals surface area contributed by atoms with Crippen molar-refractivity contribution in [3.63, 3.8) is 0 Å². The van der Waals surface area contributed by atoms with Gasteiger partial charge in [0.25, 0.3) is 0 Å². The summed E-state index contributed by atoms with van der Waals surface area (Å²) in [5.74, 6) is 0. The van der Waals surface area contributed by atoms with Gasteiger partial charge in [-0.25, -0.2) is 9.59 Å². The first-order valence-electron chi connectivity index (χ1n) is 5.11. The molecule has 0 spiro atoms. The fourth-order valence-corrected chi connectivity index (χ4v) is 1.45. The largest absolute Gasteiger partial charge is 0.453 e. The molecule has 1 aromatic rings. The Morgan fingerprint density at radius 2 is 1.72 bits per heavy atom. The number of amides is 2. The number of hydrogen-bond donors (Lipinski definition) is 2. The second-order valence-electron chi connectivity index (χ2n) is 3.38. The van der Waals surface area contributed by atoms with Gasteiger partial charge in [-0.3, -0.25) is 0 Å². The normalized spacial score (nSPS) is 9.44. The lowest BCUT2D eigenvalue weighted by Gasteiger charge is -2.07. The lowest BCUT2D eigenvalue weighted by Crippen LogP contribution is -2.23. The minimum Gasteiger partial charge on any atom is -0.453 e. The summed E-state index contributed by atoms with van der Waals surface area (Å²) >= 11 is 1.51. The molecule has 0 fully saturated rings. The molecule has 18 heavy (non-hydrogen) atoms. The van der Waals surface area contributed by atoms with Crippen LogP contribution < -0.4 is 10.6 Å². The second-order valence-corrected chi connectivity index (χ2v) is 3.82. The average Bonchev–Trinajstić information content (AvgIpc) is 2.42. The molecule has 0 atom stereocenters. The van der Waals surface area contributed by atoms with E-state index in [1.54, 1.807) is 0 Å². The molecule has 0 unspecified atom stereocenters. The Kier molecular flexibility index (Phi) is 6.26. The molecular weight excluding hydrogens is 351 g/mol. The third-order valence-electron chi connectivity index (χ3n) is 2.12. The summed E-state index contributed by atoms with van der Waals surface area (Å²) in [5.41, 5.74) is 1.84. The maximum Gasteiger partial charge on any atom is 0.416 e. The monoisotopic (exact) mass is 364 g/mol. The van der Waals surface area contributed by atoms with Crippen molar-refractivity contribution < 1.29 is 17.4 Å². The number of alkyl carbamates (subject to hydrolysis) is 1. The van der Waals surface area contributed by atoms with Crippen molar-refractivity contribution in [2.45, 2.75) is 13.1 Å². The molecule has 1 aromatic carbocycles. The third kappa shape index (κ3) is 5.21. The minimum atomic E-state index is -0.492. The molecule has 0 aromatic heterocycles. The summed E-state index contributed by atoms with van der Waals surface area (Å²) in [6, 6.07) is 7.47. The van der Waals surface area contributed by atoms with Crippen LogP contribution in [0.3, 0.4) is 0 Å². The van der Waals surface area contributed by atoms with Crippen LogP contribution in [0.15, 0.2) is 24.3 Å². The van der Waals surface area contributed by atoms with E-state index < -0.39 is 12.2 Å². The lowest BCUT2D eigenvalue weighted by atomic mass is 10.1. The molecule has 0 bridgehead atoms. The first-order chi connectivity index (χ1) is 8.65. The smallest absolute Gasteiger partial charge is 0.416 e. The molecule has 7 heteroatoms. The van der Waals surface area contributed by atoms with E-state index in [1.165, 1.54) is 30.1 Å². The van der Waals surface area contributed by atoms with Gasteiger partial charge in [0, 0.05) is 13.1 Å². The van der Waals surface area contributed by atoms with Crippen molar-refractivity contribution in [1.29, 1.82) is 0 Å². The number of ether oxygens (including phenoxy) is 1. The second kappa shape index (κ2) is 7.75. The summed E-state index contributed by atoms with van der Waals surface area (Å²) in [6.45, 7) is 0.741. The Bertz CT molecular complexity index is 390. The van der Waals surface area contributed by atoms with Gasteiger partial charge in [0.1, 0.15) is 0 Å². The molecule has 0 aliphatic heterocycles. The van der Waals surface area contributed by atoms with Crippen LogP contribution in [0.2, 0.25) is 0 Å². The molecule has 0 aliphatic rings. The number of nitrogens with one attached hydrogen (secondary N) is 2. The van der Waals surface area contributed by atoms with Crippen molar-refractivity contribution in [3.05, 3.63) is 35.4 Å². The van der Waals surface area contributed by atoms with Crippen LogP contribution in [0.25, 0.3) is 0 Å². The van der Waals surface area contributed by atoms with Gasteiger partial charge in [-0.2, -0.15) is 0 Å². The number of carbonyl (C=O) groups is 2. The fraction of sp³-hybridized carbons (Fsp3) is 0.273. The van der Waals surface area contributed by atoms with Crippen molar-refractivity contribution in [2.24, 2.45) is 0 Å². The average molecular weight is 364 g/mol. The Hall–Kier alpha value is -1.51. The van der Waals surface area contributed by atoms with E-state index in [4.69, 9.17) is 0 Å². The van der Waals surface area contributed by atoms with Gasteiger partial charge in [-0.15, -0.1) is 0 Å². The molecule has 98 valence electrons. The molecule has 0 aliphatic carbocycles. The number of hydrogen-bond acceptors (Lipinski definition) is 4. The van der Waals surface area contributed by atoms with Crippen LogP contribution >= 0.6 is 23.0 Å². The Balaban J connectivity index is 2.51. The molecule has 0 heterocycles. The van der Waals surface area contributed by atoms with Gasteiger partial charge in [0.15, 0.2) is 23.0 Å². The summed E-state index contributed by atoms with van der Waals surface area (Å²) in [7, 11) is 1.31.